The maximum Gasteiger partial charge on any atom is 0.255 e. The van der Waals surface area contributed by atoms with Gasteiger partial charge in [-0.25, -0.2) is 0 Å². The molecule has 2 rings (SSSR count). The predicted molar refractivity (Wildman–Crippen MR) is 90.3 cm³/mol. The predicted octanol–water partition coefficient (Wildman–Crippen LogP) is 2.79. The van der Waals surface area contributed by atoms with Crippen LogP contribution in [0.25, 0.3) is 0 Å². The molecule has 0 bridgehead atoms. The molecule has 0 aliphatic heterocycles. The van der Waals surface area contributed by atoms with E-state index in [0.717, 1.165) is 17.7 Å². The summed E-state index contributed by atoms with van der Waals surface area (Å²) in [5.41, 5.74) is 7.27. The van der Waals surface area contributed by atoms with E-state index in [1.807, 2.05) is 31.4 Å². The summed E-state index contributed by atoms with van der Waals surface area (Å²) in [6, 6.07) is 9.74. The SMILES string of the molecule is C[C@@H](c1cccnc1)N(C)Cc1ccc(OCC(N)=O)c(Cl)c1. The van der Waals surface area contributed by atoms with E-state index in [-0.39, 0.29) is 12.6 Å². The molecule has 0 aliphatic rings. The van der Waals surface area contributed by atoms with E-state index in [1.165, 1.54) is 0 Å². The summed E-state index contributed by atoms with van der Waals surface area (Å²) in [6.07, 6.45) is 3.63. The Bertz CT molecular complexity index is 664. The molecule has 0 saturated carbocycles. The third-order valence-corrected chi connectivity index (χ3v) is 3.92. The normalized spacial score (nSPS) is 12.2. The van der Waals surface area contributed by atoms with Crippen molar-refractivity contribution < 1.29 is 9.53 Å². The van der Waals surface area contributed by atoms with Crippen molar-refractivity contribution in [3.63, 3.8) is 0 Å². The molecule has 23 heavy (non-hydrogen) atoms. The van der Waals surface area contributed by atoms with Gasteiger partial charge in [-0.1, -0.05) is 23.7 Å². The number of amides is 1. The number of carbonyl (C=O) groups excluding carboxylic acids is 1. The molecule has 1 aromatic heterocycles. The lowest BCUT2D eigenvalue weighted by atomic mass is 10.1. The minimum absolute atomic E-state index is 0.184. The number of hydrogen-bond acceptors (Lipinski definition) is 4. The zero-order valence-corrected chi connectivity index (χ0v) is 14.0. The Labute approximate surface area is 141 Å². The molecule has 5 nitrogen and oxygen atoms in total. The Balaban J connectivity index is 2.02. The second kappa shape index (κ2) is 7.94. The summed E-state index contributed by atoms with van der Waals surface area (Å²) >= 11 is 6.19. The number of benzene rings is 1. The molecular weight excluding hydrogens is 314 g/mol. The second-order valence-electron chi connectivity index (χ2n) is 5.40. The number of hydrogen-bond donors (Lipinski definition) is 1. The summed E-state index contributed by atoms with van der Waals surface area (Å²) in [5, 5.41) is 0.464. The third-order valence-electron chi connectivity index (χ3n) is 3.63. The standard InChI is InChI=1S/C17H20ClN3O2/c1-12(14-4-3-7-20-9-14)21(2)10-13-5-6-16(15(18)8-13)23-11-17(19)22/h3-9,12H,10-11H2,1-2H3,(H2,19,22)/t12-/m0/s1. The fraction of sp³-hybridized carbons (Fsp3) is 0.294. The summed E-state index contributed by atoms with van der Waals surface area (Å²) in [6.45, 7) is 2.67. The van der Waals surface area contributed by atoms with E-state index in [4.69, 9.17) is 22.1 Å². The lowest BCUT2D eigenvalue weighted by Gasteiger charge is -2.25. The van der Waals surface area contributed by atoms with Crippen LogP contribution in [0.4, 0.5) is 0 Å². The highest BCUT2D eigenvalue weighted by Crippen LogP contribution is 2.27. The van der Waals surface area contributed by atoms with Crippen LogP contribution in [0, 0.1) is 0 Å². The first-order valence-electron chi connectivity index (χ1n) is 7.27. The van der Waals surface area contributed by atoms with Crippen LogP contribution in [0.3, 0.4) is 0 Å². The zero-order valence-electron chi connectivity index (χ0n) is 13.2. The number of halogens is 1. The first-order valence-corrected chi connectivity index (χ1v) is 7.65. The van der Waals surface area contributed by atoms with Crippen molar-refractivity contribution in [2.24, 2.45) is 5.73 Å². The van der Waals surface area contributed by atoms with Crippen molar-refractivity contribution in [3.05, 3.63) is 58.9 Å². The first kappa shape index (κ1) is 17.2. The number of nitrogens with zero attached hydrogens (tertiary/aromatic N) is 2. The van der Waals surface area contributed by atoms with Crippen molar-refractivity contribution in [3.8, 4) is 5.75 Å². The summed E-state index contributed by atoms with van der Waals surface area (Å²) in [7, 11) is 2.04. The monoisotopic (exact) mass is 333 g/mol. The van der Waals surface area contributed by atoms with Gasteiger partial charge in [0, 0.05) is 25.0 Å². The lowest BCUT2D eigenvalue weighted by molar-refractivity contribution is -0.119. The Morgan fingerprint density at radius 1 is 1.43 bits per heavy atom. The molecule has 0 saturated heterocycles. The Kier molecular flexibility index (Phi) is 5.96. The van der Waals surface area contributed by atoms with Gasteiger partial charge >= 0.3 is 0 Å². The Hall–Kier alpha value is -2.11. The van der Waals surface area contributed by atoms with Crippen molar-refractivity contribution in [2.75, 3.05) is 13.7 Å². The number of primary amides is 1. The van der Waals surface area contributed by atoms with Gasteiger partial charge < -0.3 is 10.5 Å². The van der Waals surface area contributed by atoms with E-state index < -0.39 is 5.91 Å². The van der Waals surface area contributed by atoms with Gasteiger partial charge in [-0.15, -0.1) is 0 Å². The van der Waals surface area contributed by atoms with Crippen LogP contribution in [0.5, 0.6) is 5.75 Å². The number of ether oxygens (including phenoxy) is 1. The zero-order chi connectivity index (χ0) is 16.8. The molecule has 1 aromatic carbocycles. The quantitative estimate of drug-likeness (QED) is 0.846. The van der Waals surface area contributed by atoms with Crippen LogP contribution in [-0.2, 0) is 11.3 Å². The minimum Gasteiger partial charge on any atom is -0.482 e. The molecule has 1 heterocycles. The molecule has 0 aliphatic carbocycles. The van der Waals surface area contributed by atoms with Gasteiger partial charge in [0.05, 0.1) is 5.02 Å². The fourth-order valence-corrected chi connectivity index (χ4v) is 2.47. The van der Waals surface area contributed by atoms with Crippen molar-refractivity contribution in [1.29, 1.82) is 0 Å². The molecule has 0 radical (unpaired) electrons. The van der Waals surface area contributed by atoms with Crippen LogP contribution < -0.4 is 10.5 Å². The summed E-state index contributed by atoms with van der Waals surface area (Å²) in [5.74, 6) is -0.0765. The highest BCUT2D eigenvalue weighted by molar-refractivity contribution is 6.32. The summed E-state index contributed by atoms with van der Waals surface area (Å²) < 4.78 is 5.25. The van der Waals surface area contributed by atoms with Crippen LogP contribution in [0.2, 0.25) is 5.02 Å². The van der Waals surface area contributed by atoms with Gasteiger partial charge in [-0.05, 0) is 43.3 Å². The Morgan fingerprint density at radius 3 is 2.83 bits per heavy atom. The molecule has 0 unspecified atom stereocenters. The largest absolute Gasteiger partial charge is 0.482 e. The van der Waals surface area contributed by atoms with Gasteiger partial charge in [0.1, 0.15) is 5.75 Å². The maximum atomic E-state index is 10.7. The lowest BCUT2D eigenvalue weighted by Crippen LogP contribution is -2.22. The molecule has 0 fully saturated rings. The average molecular weight is 334 g/mol. The van der Waals surface area contributed by atoms with E-state index in [9.17, 15) is 4.79 Å². The van der Waals surface area contributed by atoms with Crippen molar-refractivity contribution >= 4 is 17.5 Å². The number of nitrogens with two attached hydrogens (primary N) is 1. The minimum atomic E-state index is -0.532. The van der Waals surface area contributed by atoms with Gasteiger partial charge in [0.15, 0.2) is 6.61 Å². The van der Waals surface area contributed by atoms with Gasteiger partial charge in [-0.2, -0.15) is 0 Å². The van der Waals surface area contributed by atoms with Crippen LogP contribution >= 0.6 is 11.6 Å². The third kappa shape index (κ3) is 4.94. The fourth-order valence-electron chi connectivity index (χ4n) is 2.21. The van der Waals surface area contributed by atoms with Crippen molar-refractivity contribution in [2.45, 2.75) is 19.5 Å². The van der Waals surface area contributed by atoms with E-state index in [2.05, 4.69) is 22.9 Å². The number of pyridine rings is 1. The second-order valence-corrected chi connectivity index (χ2v) is 5.80. The molecule has 1 amide bonds. The molecule has 2 N–H and O–H groups in total. The van der Waals surface area contributed by atoms with Gasteiger partial charge in [-0.3, -0.25) is 14.7 Å². The van der Waals surface area contributed by atoms with Gasteiger partial charge in [0.2, 0.25) is 0 Å². The van der Waals surface area contributed by atoms with Crippen LogP contribution in [-0.4, -0.2) is 29.4 Å². The molecule has 122 valence electrons. The maximum absolute atomic E-state index is 10.7. The van der Waals surface area contributed by atoms with E-state index >= 15 is 0 Å². The highest BCUT2D eigenvalue weighted by atomic mass is 35.5. The molecule has 2 aromatic rings. The van der Waals surface area contributed by atoms with E-state index in [1.54, 1.807) is 12.3 Å². The highest BCUT2D eigenvalue weighted by Gasteiger charge is 2.13. The number of rotatable bonds is 7. The number of aromatic nitrogens is 1. The molecule has 0 spiro atoms. The molecule has 6 heteroatoms. The Morgan fingerprint density at radius 2 is 2.22 bits per heavy atom. The van der Waals surface area contributed by atoms with Crippen LogP contribution in [0.15, 0.2) is 42.7 Å². The molecular formula is C17H20ClN3O2. The molecule has 1 atom stereocenters. The number of carbonyl (C=O) groups is 1. The first-order chi connectivity index (χ1) is 11.0. The topological polar surface area (TPSA) is 68.5 Å². The van der Waals surface area contributed by atoms with Gasteiger partial charge in [0.25, 0.3) is 5.91 Å². The smallest absolute Gasteiger partial charge is 0.255 e. The van der Waals surface area contributed by atoms with Crippen molar-refractivity contribution in [1.82, 2.24) is 9.88 Å². The van der Waals surface area contributed by atoms with Crippen LogP contribution in [0.1, 0.15) is 24.1 Å². The summed E-state index contributed by atoms with van der Waals surface area (Å²) in [4.78, 5) is 17.1. The average Bonchev–Trinajstić information content (AvgIpc) is 2.54. The van der Waals surface area contributed by atoms with E-state index in [0.29, 0.717) is 10.8 Å².